The molecule has 11 heavy (non-hydrogen) atoms. The van der Waals surface area contributed by atoms with Gasteiger partial charge in [0.1, 0.15) is 5.01 Å². The Balaban J connectivity index is 2.27. The predicted octanol–water partition coefficient (Wildman–Crippen LogP) is 0.699. The van der Waals surface area contributed by atoms with Crippen LogP contribution in [-0.4, -0.2) is 22.6 Å². The third-order valence-electron chi connectivity index (χ3n) is 1.15. The van der Waals surface area contributed by atoms with Gasteiger partial charge in [-0.05, 0) is 18.5 Å². The quantitative estimate of drug-likeness (QED) is 0.681. The van der Waals surface area contributed by atoms with Crippen LogP contribution in [0, 0.1) is 0 Å². The number of hydrogen-bond acceptors (Lipinski definition) is 5. The summed E-state index contributed by atoms with van der Waals surface area (Å²) in [5, 5.41) is 0.941. The van der Waals surface area contributed by atoms with Crippen LogP contribution in [-0.2, 0) is 11.2 Å². The molecule has 0 aromatic carbocycles. The monoisotopic (exact) mass is 173 g/mol. The Kier molecular flexibility index (Phi) is 3.25. The molecule has 1 aromatic heterocycles. The summed E-state index contributed by atoms with van der Waals surface area (Å²) < 4.78 is 8.99. The van der Waals surface area contributed by atoms with Crippen LogP contribution >= 0.6 is 11.5 Å². The molecule has 0 unspecified atom stereocenters. The Morgan fingerprint density at radius 1 is 1.64 bits per heavy atom. The van der Waals surface area contributed by atoms with Crippen molar-refractivity contribution in [2.24, 2.45) is 0 Å². The standard InChI is InChI=1S/C6H11N3OS/c1-2-10-4-3-5-8-6(7)9-11-5/h2-4H2,1H3,(H2,7,9). The highest BCUT2D eigenvalue weighted by molar-refractivity contribution is 7.05. The molecule has 62 valence electrons. The smallest absolute Gasteiger partial charge is 0.232 e. The zero-order valence-corrected chi connectivity index (χ0v) is 7.23. The molecule has 0 fully saturated rings. The molecule has 0 amide bonds. The second-order valence-electron chi connectivity index (χ2n) is 1.99. The van der Waals surface area contributed by atoms with E-state index in [0.29, 0.717) is 12.6 Å². The first-order valence-electron chi connectivity index (χ1n) is 3.48. The van der Waals surface area contributed by atoms with E-state index in [1.54, 1.807) is 0 Å². The minimum absolute atomic E-state index is 0.362. The molecule has 1 rings (SSSR count). The Morgan fingerprint density at radius 3 is 3.00 bits per heavy atom. The van der Waals surface area contributed by atoms with Gasteiger partial charge in [-0.1, -0.05) is 0 Å². The van der Waals surface area contributed by atoms with E-state index >= 15 is 0 Å². The van der Waals surface area contributed by atoms with Crippen LogP contribution in [0.1, 0.15) is 11.9 Å². The third kappa shape index (κ3) is 2.81. The zero-order valence-electron chi connectivity index (χ0n) is 6.41. The average Bonchev–Trinajstić information content (AvgIpc) is 2.37. The van der Waals surface area contributed by atoms with Gasteiger partial charge >= 0.3 is 0 Å². The molecule has 0 saturated carbocycles. The Bertz CT molecular complexity index is 213. The number of aromatic nitrogens is 2. The molecule has 1 aromatic rings. The fraction of sp³-hybridized carbons (Fsp3) is 0.667. The van der Waals surface area contributed by atoms with Gasteiger partial charge in [0.2, 0.25) is 5.95 Å². The van der Waals surface area contributed by atoms with Crippen molar-refractivity contribution < 1.29 is 4.74 Å². The summed E-state index contributed by atoms with van der Waals surface area (Å²) in [5.74, 6) is 0.362. The van der Waals surface area contributed by atoms with Crippen molar-refractivity contribution in [1.29, 1.82) is 0 Å². The molecule has 4 nitrogen and oxygen atoms in total. The van der Waals surface area contributed by atoms with Crippen molar-refractivity contribution in [3.05, 3.63) is 5.01 Å². The summed E-state index contributed by atoms with van der Waals surface area (Å²) >= 11 is 1.33. The lowest BCUT2D eigenvalue weighted by Gasteiger charge is -1.95. The van der Waals surface area contributed by atoms with Crippen molar-refractivity contribution in [2.75, 3.05) is 18.9 Å². The van der Waals surface area contributed by atoms with Crippen LogP contribution in [0.4, 0.5) is 5.95 Å². The first-order valence-corrected chi connectivity index (χ1v) is 4.26. The number of hydrogen-bond donors (Lipinski definition) is 1. The number of nitrogens with zero attached hydrogens (tertiary/aromatic N) is 2. The summed E-state index contributed by atoms with van der Waals surface area (Å²) in [7, 11) is 0. The highest BCUT2D eigenvalue weighted by atomic mass is 32.1. The summed E-state index contributed by atoms with van der Waals surface area (Å²) in [6, 6.07) is 0. The fourth-order valence-corrected chi connectivity index (χ4v) is 1.22. The number of rotatable bonds is 4. The average molecular weight is 173 g/mol. The van der Waals surface area contributed by atoms with Crippen molar-refractivity contribution in [3.63, 3.8) is 0 Å². The number of nitrogen functional groups attached to an aromatic ring is 1. The molecular formula is C6H11N3OS. The summed E-state index contributed by atoms with van der Waals surface area (Å²) in [6.07, 6.45) is 0.808. The molecule has 1 heterocycles. The van der Waals surface area contributed by atoms with Crippen LogP contribution < -0.4 is 5.73 Å². The Hall–Kier alpha value is -0.680. The third-order valence-corrected chi connectivity index (χ3v) is 1.93. The lowest BCUT2D eigenvalue weighted by atomic mass is 10.5. The van der Waals surface area contributed by atoms with Crippen molar-refractivity contribution in [1.82, 2.24) is 9.36 Å². The van der Waals surface area contributed by atoms with Gasteiger partial charge in [-0.25, -0.2) is 4.98 Å². The van der Waals surface area contributed by atoms with E-state index < -0.39 is 0 Å². The molecule has 2 N–H and O–H groups in total. The van der Waals surface area contributed by atoms with E-state index in [1.165, 1.54) is 11.5 Å². The normalized spacial score (nSPS) is 10.3. The van der Waals surface area contributed by atoms with Crippen molar-refractivity contribution >= 4 is 17.5 Å². The molecule has 0 aliphatic rings. The summed E-state index contributed by atoms with van der Waals surface area (Å²) in [4.78, 5) is 3.99. The maximum atomic E-state index is 5.33. The van der Waals surface area contributed by atoms with E-state index in [9.17, 15) is 0 Å². The van der Waals surface area contributed by atoms with E-state index in [4.69, 9.17) is 10.5 Å². The van der Waals surface area contributed by atoms with Crippen molar-refractivity contribution in [2.45, 2.75) is 13.3 Å². The minimum Gasteiger partial charge on any atom is -0.381 e. The van der Waals surface area contributed by atoms with Gasteiger partial charge in [-0.2, -0.15) is 4.37 Å². The molecule has 0 spiro atoms. The Morgan fingerprint density at radius 2 is 2.45 bits per heavy atom. The zero-order chi connectivity index (χ0) is 8.10. The molecule has 0 saturated heterocycles. The van der Waals surface area contributed by atoms with Crippen LogP contribution in [0.3, 0.4) is 0 Å². The topological polar surface area (TPSA) is 61.0 Å². The maximum Gasteiger partial charge on any atom is 0.232 e. The summed E-state index contributed by atoms with van der Waals surface area (Å²) in [5.41, 5.74) is 5.33. The first-order chi connectivity index (χ1) is 5.33. The number of anilines is 1. The van der Waals surface area contributed by atoms with E-state index in [1.807, 2.05) is 6.92 Å². The van der Waals surface area contributed by atoms with Gasteiger partial charge in [0.15, 0.2) is 0 Å². The molecule has 5 heteroatoms. The van der Waals surface area contributed by atoms with Crippen LogP contribution in [0.5, 0.6) is 0 Å². The van der Waals surface area contributed by atoms with Gasteiger partial charge < -0.3 is 10.5 Å². The van der Waals surface area contributed by atoms with Crippen LogP contribution in [0.15, 0.2) is 0 Å². The number of nitrogens with two attached hydrogens (primary N) is 1. The molecule has 0 aliphatic heterocycles. The highest BCUT2D eigenvalue weighted by Gasteiger charge is 1.98. The lowest BCUT2D eigenvalue weighted by Crippen LogP contribution is -1.97. The second-order valence-corrected chi connectivity index (χ2v) is 2.83. The molecule has 0 radical (unpaired) electrons. The number of ether oxygens (including phenoxy) is 1. The predicted molar refractivity (Wildman–Crippen MR) is 44.5 cm³/mol. The van der Waals surface area contributed by atoms with Crippen LogP contribution in [0.2, 0.25) is 0 Å². The van der Waals surface area contributed by atoms with Gasteiger partial charge in [0, 0.05) is 13.0 Å². The van der Waals surface area contributed by atoms with Gasteiger partial charge in [0.05, 0.1) is 6.61 Å². The first kappa shape index (κ1) is 8.42. The lowest BCUT2D eigenvalue weighted by molar-refractivity contribution is 0.151. The fourth-order valence-electron chi connectivity index (χ4n) is 0.673. The van der Waals surface area contributed by atoms with Crippen LogP contribution in [0.25, 0.3) is 0 Å². The maximum absolute atomic E-state index is 5.33. The molecular weight excluding hydrogens is 162 g/mol. The van der Waals surface area contributed by atoms with Gasteiger partial charge in [-0.15, -0.1) is 0 Å². The van der Waals surface area contributed by atoms with Gasteiger partial charge in [-0.3, -0.25) is 0 Å². The van der Waals surface area contributed by atoms with E-state index in [-0.39, 0.29) is 0 Å². The minimum atomic E-state index is 0.362. The van der Waals surface area contributed by atoms with Crippen molar-refractivity contribution in [3.8, 4) is 0 Å². The molecule has 0 bridgehead atoms. The van der Waals surface area contributed by atoms with E-state index in [2.05, 4.69) is 9.36 Å². The van der Waals surface area contributed by atoms with Gasteiger partial charge in [0.25, 0.3) is 0 Å². The SMILES string of the molecule is CCOCCc1nc(N)ns1. The highest BCUT2D eigenvalue weighted by Crippen LogP contribution is 2.05. The summed E-state index contributed by atoms with van der Waals surface area (Å²) in [6.45, 7) is 3.41. The molecule has 0 atom stereocenters. The second kappa shape index (κ2) is 4.25. The van der Waals surface area contributed by atoms with E-state index in [0.717, 1.165) is 18.0 Å². The molecule has 0 aliphatic carbocycles. The Labute approximate surface area is 69.6 Å². The largest absolute Gasteiger partial charge is 0.381 e.